The maximum Gasteiger partial charge on any atom is 0.451 e. The van der Waals surface area contributed by atoms with Crippen molar-refractivity contribution in [1.29, 1.82) is 0 Å². The van der Waals surface area contributed by atoms with Gasteiger partial charge in [0.15, 0.2) is 11.2 Å². The summed E-state index contributed by atoms with van der Waals surface area (Å²) in [4.78, 5) is 34.8. The fourth-order valence-corrected chi connectivity index (χ4v) is 4.53. The second-order valence-electron chi connectivity index (χ2n) is 7.28. The van der Waals surface area contributed by atoms with E-state index < -0.39 is 15.4 Å². The van der Waals surface area contributed by atoms with Gasteiger partial charge in [0.2, 0.25) is 0 Å². The number of fused-ring (bicyclic) bond motifs is 1. The normalized spacial score (nSPS) is 14.0. The topological polar surface area (TPSA) is 113 Å². The molecule has 0 spiro atoms. The first-order valence-corrected chi connectivity index (χ1v) is 12.2. The van der Waals surface area contributed by atoms with Crippen molar-refractivity contribution in [3.05, 3.63) is 45.1 Å². The average molecular weight is 607 g/mol. The number of hydrogen-bond acceptors (Lipinski definition) is 8. The zero-order valence-corrected chi connectivity index (χ0v) is 20.9. The number of aliphatic imine (C=N–C) groups is 1. The van der Waals surface area contributed by atoms with Gasteiger partial charge in [-0.1, -0.05) is 6.07 Å². The van der Waals surface area contributed by atoms with Crippen molar-refractivity contribution in [2.75, 3.05) is 18.9 Å². The molecule has 14 heteroatoms. The highest BCUT2D eigenvalue weighted by Gasteiger charge is 2.27. The number of aliphatic hydroxyl groups excluding tert-OH is 1. The van der Waals surface area contributed by atoms with Gasteiger partial charge in [-0.3, -0.25) is 23.5 Å². The minimum absolute atomic E-state index is 0.00408. The minimum Gasteiger partial charge on any atom is -0.425 e. The van der Waals surface area contributed by atoms with Crippen LogP contribution in [-0.4, -0.2) is 51.9 Å². The van der Waals surface area contributed by atoms with Gasteiger partial charge in [0.1, 0.15) is 11.5 Å². The first kappa shape index (κ1) is 24.7. The van der Waals surface area contributed by atoms with Crippen LogP contribution in [0, 0.1) is 0 Å². The van der Waals surface area contributed by atoms with Gasteiger partial charge in [-0.25, -0.2) is 4.79 Å². The Hall–Kier alpha value is -2.46. The second-order valence-corrected chi connectivity index (χ2v) is 9.70. The Balaban J connectivity index is 1.84. The molecule has 1 aliphatic rings. The number of alkyl halides is 3. The minimum atomic E-state index is -3.40. The van der Waals surface area contributed by atoms with Crippen LogP contribution < -0.4 is 20.7 Å². The monoisotopic (exact) mass is 607 g/mol. The van der Waals surface area contributed by atoms with Crippen molar-refractivity contribution in [2.45, 2.75) is 23.6 Å². The Labute approximate surface area is 209 Å². The molecule has 0 bridgehead atoms. The fourth-order valence-electron chi connectivity index (χ4n) is 3.45. The Morgan fingerprint density at radius 3 is 2.71 bits per heavy atom. The Morgan fingerprint density at radius 1 is 1.26 bits per heavy atom. The summed E-state index contributed by atoms with van der Waals surface area (Å²) in [5.41, 5.74) is -0.898. The zero-order valence-electron chi connectivity index (χ0n) is 17.9. The molecule has 0 amide bonds. The molecular formula is C20H20F2IN5O5S. The number of aryl methyl sites for hydroxylation is 1. The van der Waals surface area contributed by atoms with Gasteiger partial charge in [-0.05, 0) is 18.6 Å². The predicted molar refractivity (Wildman–Crippen MR) is 132 cm³/mol. The predicted octanol–water partition coefficient (Wildman–Crippen LogP) is 2.58. The second kappa shape index (κ2) is 10.0. The number of aromatic nitrogens is 4. The van der Waals surface area contributed by atoms with Crippen molar-refractivity contribution in [1.82, 2.24) is 18.7 Å². The summed E-state index contributed by atoms with van der Waals surface area (Å²) in [6.45, 7) is 0.695. The van der Waals surface area contributed by atoms with Crippen LogP contribution >= 0.6 is 34.4 Å². The smallest absolute Gasteiger partial charge is 0.425 e. The first-order valence-electron chi connectivity index (χ1n) is 10.2. The number of ether oxygens (including phenoxy) is 2. The largest absolute Gasteiger partial charge is 0.451 e. The van der Waals surface area contributed by atoms with E-state index in [2.05, 4.69) is 14.7 Å². The summed E-state index contributed by atoms with van der Waals surface area (Å²) in [5, 5.41) is 9.92. The lowest BCUT2D eigenvalue weighted by molar-refractivity contribution is -0.0692. The van der Waals surface area contributed by atoms with Crippen LogP contribution in [0.2, 0.25) is 0 Å². The van der Waals surface area contributed by atoms with E-state index in [1.165, 1.54) is 52.2 Å². The number of aliphatic hydroxyl groups is 1. The summed E-state index contributed by atoms with van der Waals surface area (Å²) < 4.78 is 37.4. The number of rotatable bonds is 9. The maximum atomic E-state index is 13.3. The molecule has 2 aromatic heterocycles. The van der Waals surface area contributed by atoms with Crippen molar-refractivity contribution < 1.29 is 23.4 Å². The van der Waals surface area contributed by atoms with Crippen LogP contribution in [0.1, 0.15) is 6.42 Å². The lowest BCUT2D eigenvalue weighted by atomic mass is 10.3. The van der Waals surface area contributed by atoms with Crippen LogP contribution in [0.3, 0.4) is 0 Å². The molecular weight excluding hydrogens is 587 g/mol. The van der Waals surface area contributed by atoms with Crippen LogP contribution in [0.4, 0.5) is 8.78 Å². The molecule has 1 aromatic carbocycles. The van der Waals surface area contributed by atoms with Gasteiger partial charge in [0.05, 0.1) is 34.2 Å². The lowest BCUT2D eigenvalue weighted by Crippen LogP contribution is -2.40. The molecule has 3 aromatic rings. The summed E-state index contributed by atoms with van der Waals surface area (Å²) in [7, 11) is 1.49. The average Bonchev–Trinajstić information content (AvgIpc) is 3.40. The van der Waals surface area contributed by atoms with Crippen LogP contribution in [0.5, 0.6) is 17.5 Å². The molecule has 10 nitrogen and oxygen atoms in total. The van der Waals surface area contributed by atoms with E-state index in [9.17, 15) is 18.4 Å². The van der Waals surface area contributed by atoms with E-state index in [4.69, 9.17) is 9.84 Å². The number of thioether (sulfide) groups is 1. The van der Waals surface area contributed by atoms with Gasteiger partial charge in [0.25, 0.3) is 5.56 Å². The van der Waals surface area contributed by atoms with E-state index in [0.717, 1.165) is 38.0 Å². The van der Waals surface area contributed by atoms with E-state index >= 15 is 0 Å². The molecule has 0 saturated heterocycles. The van der Waals surface area contributed by atoms with Crippen molar-refractivity contribution in [3.63, 3.8) is 0 Å². The SMILES string of the molecule is Cn1c(=O)n(CCCO)c(=O)c2c1nc(Oc1cccc(OC(F)(F)I)c1)n2CC1=NCCS1. The molecule has 4 rings (SSSR count). The van der Waals surface area contributed by atoms with Gasteiger partial charge in [-0.15, -0.1) is 11.8 Å². The zero-order chi connectivity index (χ0) is 24.5. The van der Waals surface area contributed by atoms with E-state index in [0.29, 0.717) is 6.54 Å². The number of imidazole rings is 1. The van der Waals surface area contributed by atoms with Gasteiger partial charge in [-0.2, -0.15) is 13.8 Å². The standard InChI is InChI=1S/C20H20F2IN5O5S/c1-26-16-15(17(30)27(19(26)31)7-3-8-29)28(11-14-24-6-9-34-14)18(25-16)32-12-4-2-5-13(10-12)33-20(21,22)23/h2,4-5,10,29H,3,6-9,11H2,1H3. The molecule has 182 valence electrons. The molecule has 0 fully saturated rings. The number of benzene rings is 1. The molecule has 0 aliphatic carbocycles. The number of nitrogens with zero attached hydrogens (tertiary/aromatic N) is 5. The highest BCUT2D eigenvalue weighted by molar-refractivity contribution is 14.1. The van der Waals surface area contributed by atoms with Crippen LogP contribution in [0.15, 0.2) is 38.8 Å². The summed E-state index contributed by atoms with van der Waals surface area (Å²) in [5.74, 6) is 0.844. The molecule has 34 heavy (non-hydrogen) atoms. The molecule has 0 radical (unpaired) electrons. The van der Waals surface area contributed by atoms with Crippen molar-refractivity contribution >= 4 is 50.6 Å². The first-order chi connectivity index (χ1) is 16.2. The molecule has 3 heterocycles. The van der Waals surface area contributed by atoms with Gasteiger partial charge in [0, 0.05) is 38.6 Å². The number of hydrogen-bond donors (Lipinski definition) is 1. The van der Waals surface area contributed by atoms with Crippen LogP contribution in [-0.2, 0) is 20.1 Å². The Morgan fingerprint density at radius 2 is 2.03 bits per heavy atom. The van der Waals surface area contributed by atoms with E-state index in [1.54, 1.807) is 0 Å². The van der Waals surface area contributed by atoms with Gasteiger partial charge >= 0.3 is 15.8 Å². The van der Waals surface area contributed by atoms with Gasteiger partial charge < -0.3 is 14.6 Å². The van der Waals surface area contributed by atoms with Crippen molar-refractivity contribution in [3.8, 4) is 17.5 Å². The molecule has 0 unspecified atom stereocenters. The summed E-state index contributed by atoms with van der Waals surface area (Å²) in [6.07, 6.45) is 0.231. The third-order valence-corrected chi connectivity index (χ3v) is 6.13. The lowest BCUT2D eigenvalue weighted by Gasteiger charge is -2.13. The van der Waals surface area contributed by atoms with Crippen molar-refractivity contribution in [2.24, 2.45) is 12.0 Å². The fraction of sp³-hybridized carbons (Fsp3) is 0.400. The molecule has 1 aliphatic heterocycles. The highest BCUT2D eigenvalue weighted by Crippen LogP contribution is 2.32. The number of halogens is 3. The van der Waals surface area contributed by atoms with Crippen LogP contribution in [0.25, 0.3) is 11.2 Å². The quantitative estimate of drug-likeness (QED) is 0.294. The van der Waals surface area contributed by atoms with E-state index in [-0.39, 0.29) is 54.8 Å². The Bertz CT molecular complexity index is 1360. The molecule has 1 N–H and O–H groups in total. The molecule has 0 atom stereocenters. The highest BCUT2D eigenvalue weighted by atomic mass is 127. The summed E-state index contributed by atoms with van der Waals surface area (Å²) >= 11 is 2.40. The Kier molecular flexibility index (Phi) is 7.28. The third-order valence-electron chi connectivity index (χ3n) is 4.93. The third kappa shape index (κ3) is 5.27. The van der Waals surface area contributed by atoms with E-state index in [1.807, 2.05) is 0 Å². The summed E-state index contributed by atoms with van der Waals surface area (Å²) in [6, 6.07) is 5.64. The maximum absolute atomic E-state index is 13.3. The molecule has 0 saturated carbocycles.